The SMILES string of the molecule is CCNc1nc2ccccn2c(=O)c1C=C1SC(=S)N(Cc2ccc3c(c2)OCO3)C1=O. The molecule has 32 heavy (non-hydrogen) atoms. The molecular weight excluding hydrogens is 448 g/mol. The highest BCUT2D eigenvalue weighted by Gasteiger charge is 2.33. The van der Waals surface area contributed by atoms with E-state index in [-0.39, 0.29) is 18.3 Å². The monoisotopic (exact) mass is 466 g/mol. The molecule has 0 radical (unpaired) electrons. The Balaban J connectivity index is 1.49. The minimum absolute atomic E-state index is 0.187. The van der Waals surface area contributed by atoms with E-state index in [9.17, 15) is 9.59 Å². The molecule has 10 heteroatoms. The summed E-state index contributed by atoms with van der Waals surface area (Å²) >= 11 is 6.63. The number of aromatic nitrogens is 2. The van der Waals surface area contributed by atoms with Gasteiger partial charge in [0.15, 0.2) is 11.5 Å². The Morgan fingerprint density at radius 2 is 2.06 bits per heavy atom. The first-order valence-electron chi connectivity index (χ1n) is 9.94. The molecule has 0 saturated carbocycles. The quantitative estimate of drug-likeness (QED) is 0.453. The summed E-state index contributed by atoms with van der Waals surface area (Å²) in [6, 6.07) is 10.9. The van der Waals surface area contributed by atoms with E-state index in [4.69, 9.17) is 21.7 Å². The van der Waals surface area contributed by atoms with Gasteiger partial charge in [0, 0.05) is 12.7 Å². The topological polar surface area (TPSA) is 85.2 Å². The summed E-state index contributed by atoms with van der Waals surface area (Å²) in [6.07, 6.45) is 3.23. The van der Waals surface area contributed by atoms with Crippen LogP contribution >= 0.6 is 24.0 Å². The Morgan fingerprint density at radius 1 is 1.22 bits per heavy atom. The first-order valence-corrected chi connectivity index (χ1v) is 11.2. The van der Waals surface area contributed by atoms with Gasteiger partial charge in [-0.25, -0.2) is 4.98 Å². The first kappa shape index (κ1) is 20.5. The van der Waals surface area contributed by atoms with Crippen LogP contribution in [0.25, 0.3) is 11.7 Å². The van der Waals surface area contributed by atoms with Crippen molar-refractivity contribution in [1.82, 2.24) is 14.3 Å². The molecule has 0 spiro atoms. The van der Waals surface area contributed by atoms with Gasteiger partial charge in [-0.1, -0.05) is 36.1 Å². The minimum Gasteiger partial charge on any atom is -0.454 e. The van der Waals surface area contributed by atoms with Crippen LogP contribution in [0.15, 0.2) is 52.3 Å². The average Bonchev–Trinajstić information content (AvgIpc) is 3.36. The molecule has 0 bridgehead atoms. The van der Waals surface area contributed by atoms with Crippen LogP contribution in [0.1, 0.15) is 18.1 Å². The van der Waals surface area contributed by atoms with E-state index >= 15 is 0 Å². The summed E-state index contributed by atoms with van der Waals surface area (Å²) in [6.45, 7) is 2.99. The van der Waals surface area contributed by atoms with Gasteiger partial charge in [0.05, 0.1) is 17.0 Å². The van der Waals surface area contributed by atoms with Gasteiger partial charge in [0.1, 0.15) is 15.8 Å². The van der Waals surface area contributed by atoms with Crippen molar-refractivity contribution < 1.29 is 14.3 Å². The fourth-order valence-electron chi connectivity index (χ4n) is 3.52. The number of thiocarbonyl (C=S) groups is 1. The molecule has 3 aromatic rings. The van der Waals surface area contributed by atoms with E-state index in [1.807, 2.05) is 31.2 Å². The molecule has 0 atom stereocenters. The zero-order valence-corrected chi connectivity index (χ0v) is 18.7. The summed E-state index contributed by atoms with van der Waals surface area (Å²) in [5.41, 5.74) is 1.46. The molecule has 1 N–H and O–H groups in total. The number of amides is 1. The number of hydrogen-bond donors (Lipinski definition) is 1. The number of carbonyl (C=O) groups is 1. The number of nitrogens with zero attached hydrogens (tertiary/aromatic N) is 3. The van der Waals surface area contributed by atoms with E-state index in [0.717, 1.165) is 5.56 Å². The summed E-state index contributed by atoms with van der Waals surface area (Å²) in [7, 11) is 0. The van der Waals surface area contributed by atoms with Gasteiger partial charge in [-0.2, -0.15) is 0 Å². The third kappa shape index (κ3) is 3.61. The molecule has 0 aliphatic carbocycles. The Labute approximate surface area is 192 Å². The normalized spacial score (nSPS) is 16.4. The lowest BCUT2D eigenvalue weighted by Crippen LogP contribution is -2.27. The molecule has 0 unspecified atom stereocenters. The van der Waals surface area contributed by atoms with Gasteiger partial charge in [-0.05, 0) is 42.8 Å². The molecule has 8 nitrogen and oxygen atoms in total. The third-order valence-corrected chi connectivity index (χ3v) is 6.42. The summed E-state index contributed by atoms with van der Waals surface area (Å²) in [5, 5.41) is 3.12. The van der Waals surface area contributed by atoms with E-state index in [2.05, 4.69) is 10.3 Å². The van der Waals surface area contributed by atoms with Gasteiger partial charge < -0.3 is 14.8 Å². The van der Waals surface area contributed by atoms with Crippen molar-refractivity contribution in [2.75, 3.05) is 18.7 Å². The molecule has 1 amide bonds. The number of benzene rings is 1. The highest BCUT2D eigenvalue weighted by atomic mass is 32.2. The van der Waals surface area contributed by atoms with Crippen molar-refractivity contribution in [1.29, 1.82) is 0 Å². The minimum atomic E-state index is -0.257. The van der Waals surface area contributed by atoms with Crippen LogP contribution in [0.4, 0.5) is 5.82 Å². The van der Waals surface area contributed by atoms with Crippen LogP contribution in [0.5, 0.6) is 11.5 Å². The molecule has 4 heterocycles. The highest BCUT2D eigenvalue weighted by molar-refractivity contribution is 8.26. The lowest BCUT2D eigenvalue weighted by molar-refractivity contribution is -0.122. The second-order valence-electron chi connectivity index (χ2n) is 7.09. The van der Waals surface area contributed by atoms with Gasteiger partial charge >= 0.3 is 0 Å². The zero-order valence-electron chi connectivity index (χ0n) is 17.0. The maximum Gasteiger partial charge on any atom is 0.267 e. The maximum atomic E-state index is 13.1. The van der Waals surface area contributed by atoms with Crippen molar-refractivity contribution in [2.24, 2.45) is 0 Å². The van der Waals surface area contributed by atoms with Crippen LogP contribution in [-0.2, 0) is 11.3 Å². The zero-order chi connectivity index (χ0) is 22.2. The number of carbonyl (C=O) groups excluding carboxylic acids is 1. The van der Waals surface area contributed by atoms with E-state index < -0.39 is 0 Å². The molecule has 2 aliphatic rings. The summed E-state index contributed by atoms with van der Waals surface area (Å²) in [4.78, 5) is 32.7. The van der Waals surface area contributed by atoms with Crippen LogP contribution in [0, 0.1) is 0 Å². The molecule has 2 aromatic heterocycles. The highest BCUT2D eigenvalue weighted by Crippen LogP contribution is 2.36. The second-order valence-corrected chi connectivity index (χ2v) is 8.77. The summed E-state index contributed by atoms with van der Waals surface area (Å²) < 4.78 is 12.6. The molecule has 1 fully saturated rings. The number of ether oxygens (including phenoxy) is 2. The van der Waals surface area contributed by atoms with Crippen molar-refractivity contribution >= 4 is 51.7 Å². The van der Waals surface area contributed by atoms with Crippen molar-refractivity contribution in [2.45, 2.75) is 13.5 Å². The summed E-state index contributed by atoms with van der Waals surface area (Å²) in [5.74, 6) is 1.51. The van der Waals surface area contributed by atoms with E-state index in [1.54, 1.807) is 24.4 Å². The number of hydrogen-bond acceptors (Lipinski definition) is 8. The maximum absolute atomic E-state index is 13.1. The van der Waals surface area contributed by atoms with Crippen molar-refractivity contribution in [3.05, 3.63) is 69.0 Å². The Bertz CT molecular complexity index is 1350. The number of pyridine rings is 1. The predicted octanol–water partition coefficient (Wildman–Crippen LogP) is 3.26. The fraction of sp³-hybridized carbons (Fsp3) is 0.182. The number of anilines is 1. The van der Waals surface area contributed by atoms with Crippen LogP contribution < -0.4 is 20.3 Å². The predicted molar refractivity (Wildman–Crippen MR) is 127 cm³/mol. The first-order chi connectivity index (χ1) is 15.5. The Kier molecular flexibility index (Phi) is 5.32. The number of thioether (sulfide) groups is 1. The van der Waals surface area contributed by atoms with Crippen LogP contribution in [0.3, 0.4) is 0 Å². The standard InChI is InChI=1S/C22H18N4O4S2/c1-2-23-19-14(20(27)25-8-4-3-5-18(25)24-19)10-17-21(28)26(22(31)32-17)11-13-6-7-15-16(9-13)30-12-29-15/h3-10,23H,2,11-12H2,1H3. The van der Waals surface area contributed by atoms with E-state index in [1.165, 1.54) is 21.1 Å². The molecule has 162 valence electrons. The molecule has 5 rings (SSSR count). The third-order valence-electron chi connectivity index (χ3n) is 5.04. The van der Waals surface area contributed by atoms with Gasteiger partial charge in [0.2, 0.25) is 6.79 Å². The molecule has 2 aliphatic heterocycles. The van der Waals surface area contributed by atoms with Gasteiger partial charge in [-0.3, -0.25) is 18.9 Å². The van der Waals surface area contributed by atoms with Crippen molar-refractivity contribution in [3.8, 4) is 11.5 Å². The fourth-order valence-corrected chi connectivity index (χ4v) is 4.76. The van der Waals surface area contributed by atoms with Gasteiger partial charge in [0.25, 0.3) is 11.5 Å². The Morgan fingerprint density at radius 3 is 2.91 bits per heavy atom. The van der Waals surface area contributed by atoms with E-state index in [0.29, 0.717) is 50.8 Å². The number of fused-ring (bicyclic) bond motifs is 2. The van der Waals surface area contributed by atoms with Crippen LogP contribution in [-0.4, -0.2) is 37.8 Å². The molecule has 1 aromatic carbocycles. The lowest BCUT2D eigenvalue weighted by Gasteiger charge is -2.14. The number of rotatable bonds is 5. The number of nitrogens with one attached hydrogen (secondary N) is 1. The second kappa shape index (κ2) is 8.29. The largest absolute Gasteiger partial charge is 0.454 e. The molecular formula is C22H18N4O4S2. The smallest absolute Gasteiger partial charge is 0.267 e. The van der Waals surface area contributed by atoms with Crippen LogP contribution in [0.2, 0.25) is 0 Å². The van der Waals surface area contributed by atoms with Gasteiger partial charge in [-0.15, -0.1) is 0 Å². The molecule has 1 saturated heterocycles. The average molecular weight is 467 g/mol. The lowest BCUT2D eigenvalue weighted by atomic mass is 10.2. The van der Waals surface area contributed by atoms with Crippen molar-refractivity contribution in [3.63, 3.8) is 0 Å². The Hall–Kier alpha value is -3.37.